The van der Waals surface area contributed by atoms with Gasteiger partial charge in [0.15, 0.2) is 0 Å². The number of methoxy groups -OCH3 is 1. The minimum absolute atomic E-state index is 0.0234. The number of aromatic nitrogens is 1. The minimum Gasteiger partial charge on any atom is -0.398 e. The first-order valence-corrected chi connectivity index (χ1v) is 8.43. The van der Waals surface area contributed by atoms with Crippen molar-refractivity contribution in [3.05, 3.63) is 53.7 Å². The molecule has 0 fully saturated rings. The summed E-state index contributed by atoms with van der Waals surface area (Å²) in [6.45, 7) is -1.18. The molecule has 0 radical (unpaired) electrons. The first kappa shape index (κ1) is 22.0. The zero-order valence-corrected chi connectivity index (χ0v) is 15.5. The van der Waals surface area contributed by atoms with Crippen LogP contribution in [-0.4, -0.2) is 43.3 Å². The Labute approximate surface area is 165 Å². The number of nitrogens with two attached hydrogens (primary N) is 2. The Kier molecular flexibility index (Phi) is 7.37. The molecular weight excluding hydrogens is 389 g/mol. The average Bonchev–Trinajstić information content (AvgIpc) is 2.66. The van der Waals surface area contributed by atoms with E-state index in [1.807, 2.05) is 30.3 Å². The second-order valence-electron chi connectivity index (χ2n) is 5.99. The van der Waals surface area contributed by atoms with Gasteiger partial charge < -0.3 is 21.5 Å². The lowest BCUT2D eigenvalue weighted by atomic mass is 10.1. The van der Waals surface area contributed by atoms with Crippen LogP contribution in [0.15, 0.2) is 47.6 Å². The molecule has 0 unspecified atom stereocenters. The van der Waals surface area contributed by atoms with Gasteiger partial charge >= 0.3 is 12.2 Å². The summed E-state index contributed by atoms with van der Waals surface area (Å²) in [6, 6.07) is 9.53. The first-order chi connectivity index (χ1) is 13.7. The van der Waals surface area contributed by atoms with Gasteiger partial charge in [0, 0.05) is 25.1 Å². The van der Waals surface area contributed by atoms with E-state index in [1.165, 1.54) is 13.2 Å². The maximum absolute atomic E-state index is 12.3. The van der Waals surface area contributed by atoms with Crippen molar-refractivity contribution in [3.8, 4) is 0 Å². The third-order valence-electron chi connectivity index (χ3n) is 3.72. The monoisotopic (exact) mass is 410 g/mol. The van der Waals surface area contributed by atoms with Crippen LogP contribution in [0.5, 0.6) is 0 Å². The predicted molar refractivity (Wildman–Crippen MR) is 104 cm³/mol. The van der Waals surface area contributed by atoms with Crippen molar-refractivity contribution in [2.45, 2.75) is 12.2 Å². The minimum atomic E-state index is -4.48. The molecule has 156 valence electrons. The van der Waals surface area contributed by atoms with Gasteiger partial charge in [-0.25, -0.2) is 9.78 Å². The van der Waals surface area contributed by atoms with E-state index in [4.69, 9.17) is 16.2 Å². The molecule has 2 rings (SSSR count). The van der Waals surface area contributed by atoms with Gasteiger partial charge in [-0.05, 0) is 5.56 Å². The molecule has 0 aliphatic carbocycles. The van der Waals surface area contributed by atoms with Crippen LogP contribution in [0.2, 0.25) is 0 Å². The Bertz CT molecular complexity index is 858. The van der Waals surface area contributed by atoms with Crippen LogP contribution in [0.1, 0.15) is 17.2 Å². The number of rotatable bonds is 7. The molecule has 2 aromatic rings. The van der Waals surface area contributed by atoms with Crippen LogP contribution in [0.3, 0.4) is 0 Å². The molecule has 11 heteroatoms. The van der Waals surface area contributed by atoms with Crippen LogP contribution < -0.4 is 22.1 Å². The topological polar surface area (TPSA) is 128 Å². The number of nitrogens with one attached hydrogen (secondary N) is 2. The number of amidine groups is 1. The number of carbonyl (C=O) groups is 1. The standard InChI is InChI=1S/C18H21F3N6O2/c1-29-9-14(11-5-3-2-4-6-11)26-17(28)27-15-7-13(22)12(8-24-15)16(23)25-10-18(19,20)21/h2-8,14H,9-10H2,1H3,(H2,23,25)(H4,22,24,26,27,28)/t14-/m1/s1. The van der Waals surface area contributed by atoms with Gasteiger partial charge in [-0.3, -0.25) is 10.3 Å². The Morgan fingerprint density at radius 2 is 2.00 bits per heavy atom. The quantitative estimate of drug-likeness (QED) is 0.412. The molecule has 0 aliphatic rings. The van der Waals surface area contributed by atoms with Gasteiger partial charge in [0.1, 0.15) is 18.2 Å². The number of pyridine rings is 1. The van der Waals surface area contributed by atoms with Crippen molar-refractivity contribution in [2.75, 3.05) is 31.3 Å². The van der Waals surface area contributed by atoms with Crippen LogP contribution in [-0.2, 0) is 4.74 Å². The summed E-state index contributed by atoms with van der Waals surface area (Å²) in [4.78, 5) is 19.5. The van der Waals surface area contributed by atoms with Gasteiger partial charge in [0.25, 0.3) is 0 Å². The molecule has 1 heterocycles. The summed E-state index contributed by atoms with van der Waals surface area (Å²) in [5.41, 5.74) is 12.3. The van der Waals surface area contributed by atoms with Crippen molar-refractivity contribution < 1.29 is 22.7 Å². The summed E-state index contributed by atoms with van der Waals surface area (Å²) in [7, 11) is 1.52. The Morgan fingerprint density at radius 3 is 2.59 bits per heavy atom. The second kappa shape index (κ2) is 9.73. The number of halogens is 3. The van der Waals surface area contributed by atoms with E-state index < -0.39 is 30.6 Å². The Hall–Kier alpha value is -3.34. The fourth-order valence-corrected chi connectivity index (χ4v) is 2.40. The average molecular weight is 410 g/mol. The van der Waals surface area contributed by atoms with Crippen LogP contribution in [0.25, 0.3) is 0 Å². The SMILES string of the molecule is COC[C@@H](NC(=O)Nc1cc(N)c(C(N)=NCC(F)(F)F)cn1)c1ccccc1. The largest absolute Gasteiger partial charge is 0.408 e. The molecular formula is C18H21F3N6O2. The normalized spacial score (nSPS) is 13.0. The number of nitrogen functional groups attached to an aromatic ring is 1. The van der Waals surface area contributed by atoms with Crippen molar-refractivity contribution in [1.29, 1.82) is 0 Å². The van der Waals surface area contributed by atoms with Crippen LogP contribution in [0.4, 0.5) is 29.5 Å². The van der Waals surface area contributed by atoms with E-state index in [0.717, 1.165) is 11.8 Å². The van der Waals surface area contributed by atoms with E-state index in [2.05, 4.69) is 20.6 Å². The van der Waals surface area contributed by atoms with Gasteiger partial charge in [-0.15, -0.1) is 0 Å². The predicted octanol–water partition coefficient (Wildman–Crippen LogP) is 2.44. The molecule has 1 atom stereocenters. The summed E-state index contributed by atoms with van der Waals surface area (Å²) in [5, 5.41) is 5.25. The molecule has 0 saturated heterocycles. The number of aliphatic imine (C=N–C) groups is 1. The second-order valence-corrected chi connectivity index (χ2v) is 5.99. The number of nitrogens with zero attached hydrogens (tertiary/aromatic N) is 2. The third kappa shape index (κ3) is 6.96. The molecule has 0 aliphatic heterocycles. The smallest absolute Gasteiger partial charge is 0.398 e. The molecule has 1 aromatic carbocycles. The fourth-order valence-electron chi connectivity index (χ4n) is 2.40. The number of benzene rings is 1. The number of carbonyl (C=O) groups excluding carboxylic acids is 1. The molecule has 6 N–H and O–H groups in total. The van der Waals surface area contributed by atoms with E-state index in [0.29, 0.717) is 0 Å². The molecule has 2 amide bonds. The summed E-state index contributed by atoms with van der Waals surface area (Å²) >= 11 is 0. The zero-order valence-electron chi connectivity index (χ0n) is 15.5. The third-order valence-corrected chi connectivity index (χ3v) is 3.72. The number of urea groups is 1. The maximum Gasteiger partial charge on any atom is 0.408 e. The lowest BCUT2D eigenvalue weighted by molar-refractivity contribution is -0.118. The zero-order chi connectivity index (χ0) is 21.4. The van der Waals surface area contributed by atoms with E-state index in [1.54, 1.807) is 0 Å². The highest BCUT2D eigenvalue weighted by Crippen LogP contribution is 2.18. The van der Waals surface area contributed by atoms with Crippen molar-refractivity contribution in [2.24, 2.45) is 10.7 Å². The molecule has 0 bridgehead atoms. The van der Waals surface area contributed by atoms with Crippen LogP contribution >= 0.6 is 0 Å². The van der Waals surface area contributed by atoms with Crippen LogP contribution in [0, 0.1) is 0 Å². The van der Waals surface area contributed by atoms with Crippen molar-refractivity contribution in [1.82, 2.24) is 10.3 Å². The van der Waals surface area contributed by atoms with Gasteiger partial charge in [0.05, 0.1) is 18.2 Å². The lowest BCUT2D eigenvalue weighted by Gasteiger charge is -2.18. The summed E-state index contributed by atoms with van der Waals surface area (Å²) < 4.78 is 41.9. The number of hydrogen-bond donors (Lipinski definition) is 4. The van der Waals surface area contributed by atoms with E-state index in [9.17, 15) is 18.0 Å². The highest BCUT2D eigenvalue weighted by molar-refractivity contribution is 6.02. The Morgan fingerprint density at radius 1 is 1.31 bits per heavy atom. The Balaban J connectivity index is 2.06. The van der Waals surface area contributed by atoms with Crippen molar-refractivity contribution in [3.63, 3.8) is 0 Å². The molecule has 0 saturated carbocycles. The van der Waals surface area contributed by atoms with Gasteiger partial charge in [-0.2, -0.15) is 13.2 Å². The molecule has 29 heavy (non-hydrogen) atoms. The number of hydrogen-bond acceptors (Lipinski definition) is 5. The van der Waals surface area contributed by atoms with E-state index in [-0.39, 0.29) is 23.7 Å². The molecule has 8 nitrogen and oxygen atoms in total. The highest BCUT2D eigenvalue weighted by atomic mass is 19.4. The number of alkyl halides is 3. The fraction of sp³-hybridized carbons (Fsp3) is 0.278. The first-order valence-electron chi connectivity index (χ1n) is 8.43. The summed E-state index contributed by atoms with van der Waals surface area (Å²) in [6.07, 6.45) is -3.34. The maximum atomic E-state index is 12.3. The summed E-state index contributed by atoms with van der Waals surface area (Å²) in [5.74, 6) is -0.302. The molecule has 0 spiro atoms. The number of ether oxygens (including phenoxy) is 1. The number of amides is 2. The molecule has 1 aromatic heterocycles. The van der Waals surface area contributed by atoms with Gasteiger partial charge in [0.2, 0.25) is 0 Å². The highest BCUT2D eigenvalue weighted by Gasteiger charge is 2.26. The van der Waals surface area contributed by atoms with Crippen molar-refractivity contribution >= 4 is 23.4 Å². The van der Waals surface area contributed by atoms with E-state index >= 15 is 0 Å². The lowest BCUT2D eigenvalue weighted by Crippen LogP contribution is -2.35. The van der Waals surface area contributed by atoms with Gasteiger partial charge in [-0.1, -0.05) is 30.3 Å². The number of anilines is 2.